The molecule has 0 spiro atoms. The maximum absolute atomic E-state index is 13.1. The number of benzene rings is 2. The fraction of sp³-hybridized carbons (Fsp3) is 0.391. The summed E-state index contributed by atoms with van der Waals surface area (Å²) in [4.78, 5) is 27.3. The first-order valence-electron chi connectivity index (χ1n) is 10.1. The van der Waals surface area contributed by atoms with Crippen molar-refractivity contribution in [1.29, 1.82) is 0 Å². The second-order valence-electron chi connectivity index (χ2n) is 7.23. The average molecular weight is 412 g/mol. The number of hydrogen-bond acceptors (Lipinski definition) is 5. The molecule has 1 aliphatic heterocycles. The summed E-state index contributed by atoms with van der Waals surface area (Å²) in [5, 5.41) is 13.5. The molecule has 0 saturated carbocycles. The monoisotopic (exact) mass is 412 g/mol. The second-order valence-corrected chi connectivity index (χ2v) is 7.23. The third-order valence-corrected chi connectivity index (χ3v) is 5.30. The number of hydrogen-bond donors (Lipinski definition) is 2. The fourth-order valence-electron chi connectivity index (χ4n) is 3.71. The highest BCUT2D eigenvalue weighted by Gasteiger charge is 2.32. The third-order valence-electron chi connectivity index (χ3n) is 5.30. The molecule has 2 N–H and O–H groups in total. The van der Waals surface area contributed by atoms with E-state index in [0.717, 1.165) is 18.4 Å². The van der Waals surface area contributed by atoms with E-state index in [1.165, 1.54) is 7.11 Å². The number of aliphatic hydroxyl groups is 1. The minimum absolute atomic E-state index is 0.0201. The molecule has 30 heavy (non-hydrogen) atoms. The average Bonchev–Trinajstić information content (AvgIpc) is 2.79. The molecule has 0 aliphatic carbocycles. The van der Waals surface area contributed by atoms with Gasteiger partial charge in [-0.1, -0.05) is 30.3 Å². The molecule has 2 atom stereocenters. The van der Waals surface area contributed by atoms with E-state index in [1.54, 1.807) is 30.2 Å². The number of piperidine rings is 1. The predicted octanol–water partition coefficient (Wildman–Crippen LogP) is 2.61. The Morgan fingerprint density at radius 2 is 1.90 bits per heavy atom. The van der Waals surface area contributed by atoms with Crippen LogP contribution < -0.4 is 14.8 Å². The van der Waals surface area contributed by atoms with Crippen molar-refractivity contribution in [1.82, 2.24) is 10.2 Å². The Balaban J connectivity index is 1.77. The quantitative estimate of drug-likeness (QED) is 0.696. The summed E-state index contributed by atoms with van der Waals surface area (Å²) < 4.78 is 10.5. The number of ether oxygens (including phenoxy) is 2. The van der Waals surface area contributed by atoms with Crippen molar-refractivity contribution in [3.8, 4) is 11.5 Å². The highest BCUT2D eigenvalue weighted by atomic mass is 16.5. The summed E-state index contributed by atoms with van der Waals surface area (Å²) >= 11 is 0. The van der Waals surface area contributed by atoms with E-state index in [2.05, 4.69) is 5.32 Å². The highest BCUT2D eigenvalue weighted by molar-refractivity contribution is 5.89. The number of carbonyl (C=O) groups excluding carboxylic acids is 2. The molecule has 0 aromatic heterocycles. The van der Waals surface area contributed by atoms with Gasteiger partial charge < -0.3 is 24.8 Å². The predicted molar refractivity (Wildman–Crippen MR) is 112 cm³/mol. The zero-order valence-corrected chi connectivity index (χ0v) is 17.3. The second kappa shape index (κ2) is 10.1. The van der Waals surface area contributed by atoms with Crippen molar-refractivity contribution >= 4 is 11.8 Å². The molecule has 2 amide bonds. The first-order valence-corrected chi connectivity index (χ1v) is 10.1. The van der Waals surface area contributed by atoms with Crippen LogP contribution in [-0.2, 0) is 9.59 Å². The molecule has 7 nitrogen and oxygen atoms in total. The van der Waals surface area contributed by atoms with Crippen LogP contribution in [0.1, 0.15) is 42.5 Å². The Hall–Kier alpha value is -3.06. The molecule has 3 rings (SSSR count). The number of aliphatic hydroxyl groups excluding tert-OH is 1. The van der Waals surface area contributed by atoms with Crippen molar-refractivity contribution < 1.29 is 24.2 Å². The van der Waals surface area contributed by atoms with Gasteiger partial charge in [0.05, 0.1) is 20.3 Å². The van der Waals surface area contributed by atoms with Crippen LogP contribution in [0.5, 0.6) is 11.5 Å². The van der Waals surface area contributed by atoms with Gasteiger partial charge in [0.1, 0.15) is 17.5 Å². The minimum Gasteiger partial charge on any atom is -0.497 e. The number of rotatable bonds is 8. The molecule has 1 fully saturated rings. The molecule has 0 bridgehead atoms. The van der Waals surface area contributed by atoms with Crippen LogP contribution in [0.4, 0.5) is 0 Å². The number of nitrogens with zero attached hydrogens (tertiary/aromatic N) is 1. The third kappa shape index (κ3) is 4.91. The van der Waals surface area contributed by atoms with Gasteiger partial charge in [-0.3, -0.25) is 9.59 Å². The first-order chi connectivity index (χ1) is 14.5. The van der Waals surface area contributed by atoms with Crippen LogP contribution >= 0.6 is 0 Å². The lowest BCUT2D eigenvalue weighted by Gasteiger charge is -2.34. The van der Waals surface area contributed by atoms with Gasteiger partial charge in [0.15, 0.2) is 0 Å². The topological polar surface area (TPSA) is 88.1 Å². The molecule has 160 valence electrons. The van der Waals surface area contributed by atoms with Gasteiger partial charge in [0.2, 0.25) is 11.8 Å². The standard InChI is InChI=1S/C23H28N2O5/c1-29-17-11-12-20(30-2)18(14-17)19(26)15-24-23(28)22(16-8-4-3-5-9-16)25-13-7-6-10-21(25)27/h3-5,8-9,11-12,14,19,22,26H,6-7,10,13,15H2,1-2H3,(H,24,28). The Bertz CT molecular complexity index is 871. The summed E-state index contributed by atoms with van der Waals surface area (Å²) in [6.45, 7) is 0.520. The normalized spacial score (nSPS) is 16.0. The summed E-state index contributed by atoms with van der Waals surface area (Å²) in [7, 11) is 3.06. The van der Waals surface area contributed by atoms with E-state index < -0.39 is 12.1 Å². The van der Waals surface area contributed by atoms with E-state index in [-0.39, 0.29) is 18.4 Å². The smallest absolute Gasteiger partial charge is 0.247 e. The largest absolute Gasteiger partial charge is 0.497 e. The van der Waals surface area contributed by atoms with E-state index in [9.17, 15) is 14.7 Å². The number of amides is 2. The van der Waals surface area contributed by atoms with E-state index in [4.69, 9.17) is 9.47 Å². The lowest BCUT2D eigenvalue weighted by molar-refractivity contribution is -0.142. The van der Waals surface area contributed by atoms with Gasteiger partial charge in [-0.15, -0.1) is 0 Å². The maximum Gasteiger partial charge on any atom is 0.247 e. The molecule has 2 aromatic rings. The number of carbonyl (C=O) groups is 2. The molecule has 7 heteroatoms. The van der Waals surface area contributed by atoms with Crippen LogP contribution in [0, 0.1) is 0 Å². The van der Waals surface area contributed by atoms with Crippen molar-refractivity contribution in [3.63, 3.8) is 0 Å². The summed E-state index contributed by atoms with van der Waals surface area (Å²) in [6.07, 6.45) is 1.16. The first kappa shape index (κ1) is 21.6. The molecule has 0 radical (unpaired) electrons. The summed E-state index contributed by atoms with van der Waals surface area (Å²) in [5.74, 6) is 0.734. The van der Waals surface area contributed by atoms with E-state index in [1.807, 2.05) is 30.3 Å². The van der Waals surface area contributed by atoms with Crippen LogP contribution in [0.25, 0.3) is 0 Å². The highest BCUT2D eigenvalue weighted by Crippen LogP contribution is 2.30. The number of likely N-dealkylation sites (tertiary alicyclic amines) is 1. The Labute approximate surface area is 176 Å². The summed E-state index contributed by atoms with van der Waals surface area (Å²) in [5.41, 5.74) is 1.26. The lowest BCUT2D eigenvalue weighted by atomic mass is 10.00. The zero-order chi connectivity index (χ0) is 21.5. The Kier molecular flexibility index (Phi) is 7.30. The van der Waals surface area contributed by atoms with E-state index in [0.29, 0.717) is 30.0 Å². The van der Waals surface area contributed by atoms with Crippen molar-refractivity contribution in [2.45, 2.75) is 31.4 Å². The van der Waals surface area contributed by atoms with Crippen molar-refractivity contribution in [2.75, 3.05) is 27.3 Å². The lowest BCUT2D eigenvalue weighted by Crippen LogP contribution is -2.46. The van der Waals surface area contributed by atoms with Crippen molar-refractivity contribution in [3.05, 3.63) is 59.7 Å². The molecular weight excluding hydrogens is 384 g/mol. The fourth-order valence-corrected chi connectivity index (χ4v) is 3.71. The van der Waals surface area contributed by atoms with Gasteiger partial charge in [0.25, 0.3) is 0 Å². The Morgan fingerprint density at radius 1 is 1.13 bits per heavy atom. The van der Waals surface area contributed by atoms with Gasteiger partial charge >= 0.3 is 0 Å². The van der Waals surface area contributed by atoms with Crippen molar-refractivity contribution in [2.24, 2.45) is 0 Å². The van der Waals surface area contributed by atoms with E-state index >= 15 is 0 Å². The SMILES string of the molecule is COc1ccc(OC)c(C(O)CNC(=O)C(c2ccccc2)N2CCCCC2=O)c1. The van der Waals surface area contributed by atoms with Gasteiger partial charge in [-0.25, -0.2) is 0 Å². The van der Waals surface area contributed by atoms with Gasteiger partial charge in [0, 0.05) is 25.1 Å². The van der Waals surface area contributed by atoms with Crippen LogP contribution in [0.2, 0.25) is 0 Å². The van der Waals surface area contributed by atoms with Crippen LogP contribution in [-0.4, -0.2) is 49.1 Å². The van der Waals surface area contributed by atoms with Crippen LogP contribution in [0.15, 0.2) is 48.5 Å². The molecular formula is C23H28N2O5. The minimum atomic E-state index is -0.993. The molecule has 2 aromatic carbocycles. The summed E-state index contributed by atoms with van der Waals surface area (Å²) in [6, 6.07) is 13.6. The number of methoxy groups -OCH3 is 2. The van der Waals surface area contributed by atoms with Gasteiger partial charge in [-0.2, -0.15) is 0 Å². The molecule has 2 unspecified atom stereocenters. The zero-order valence-electron chi connectivity index (χ0n) is 17.3. The van der Waals surface area contributed by atoms with Crippen LogP contribution in [0.3, 0.4) is 0 Å². The molecule has 1 saturated heterocycles. The maximum atomic E-state index is 13.1. The number of nitrogens with one attached hydrogen (secondary N) is 1. The van der Waals surface area contributed by atoms with Gasteiger partial charge in [-0.05, 0) is 36.6 Å². The molecule has 1 heterocycles. The molecule has 1 aliphatic rings. The Morgan fingerprint density at radius 3 is 2.57 bits per heavy atom.